The van der Waals surface area contributed by atoms with Crippen LogP contribution in [0.5, 0.6) is 0 Å². The van der Waals surface area contributed by atoms with Gasteiger partial charge < -0.3 is 74.5 Å². The van der Waals surface area contributed by atoms with Crippen molar-refractivity contribution in [3.05, 3.63) is 35.9 Å². The van der Waals surface area contributed by atoms with E-state index < -0.39 is 120 Å². The summed E-state index contributed by atoms with van der Waals surface area (Å²) in [5.74, 6) is -9.67. The van der Waals surface area contributed by atoms with Crippen LogP contribution >= 0.6 is 47.8 Å². The van der Waals surface area contributed by atoms with Crippen molar-refractivity contribution in [2.24, 2.45) is 11.5 Å². The molecule has 0 heterocycles. The normalized spacial score (nSPS) is 14.0. The Bertz CT molecular complexity index is 2160. The molecule has 7 atom stereocenters. The zero-order valence-corrected chi connectivity index (χ0v) is 49.5. The van der Waals surface area contributed by atoms with Crippen molar-refractivity contribution in [3.63, 3.8) is 0 Å². The first kappa shape index (κ1) is 71.5. The van der Waals surface area contributed by atoms with E-state index in [4.69, 9.17) is 33.2 Å². The molecule has 1 aromatic carbocycles. The average Bonchev–Trinajstić information content (AvgIpc) is 3.38. The van der Waals surface area contributed by atoms with Crippen LogP contribution in [-0.2, 0) is 59.1 Å². The van der Waals surface area contributed by atoms with Gasteiger partial charge in [-0.15, -0.1) is 11.6 Å². The number of halogens is 1. The van der Waals surface area contributed by atoms with E-state index in [-0.39, 0.29) is 78.1 Å². The Kier molecular flexibility index (Phi) is 34.5. The first-order chi connectivity index (χ1) is 37.1. The van der Waals surface area contributed by atoms with Gasteiger partial charge >= 0.3 is 5.97 Å². The number of ether oxygens (including phenoxy) is 1. The van der Waals surface area contributed by atoms with Gasteiger partial charge in [0.15, 0.2) is 5.96 Å². The molecule has 0 spiro atoms. The number of carboxylic acid groups (broad SMARTS) is 1. The molecule has 0 saturated heterocycles. The Balaban J connectivity index is 3.36. The molecular weight excluding hydrogens is 1110 g/mol. The molecule has 0 fully saturated rings. The molecule has 0 radical (unpaired) electrons. The monoisotopic (exact) mass is 1190 g/mol. The minimum atomic E-state index is -1.81. The fourth-order valence-corrected chi connectivity index (χ4v) is 9.01. The van der Waals surface area contributed by atoms with Crippen LogP contribution in [0.4, 0.5) is 0 Å². The van der Waals surface area contributed by atoms with Gasteiger partial charge in [-0.3, -0.25) is 53.4 Å². The van der Waals surface area contributed by atoms with Gasteiger partial charge in [0.2, 0.25) is 53.2 Å². The highest BCUT2D eigenvalue weighted by molar-refractivity contribution is 8.00. The minimum absolute atomic E-state index is 0.0305. The third-order valence-electron chi connectivity index (χ3n) is 10.9. The number of aliphatic carboxylic acids is 1. The second-order valence-electron chi connectivity index (χ2n) is 20.0. The number of benzene rings is 1. The lowest BCUT2D eigenvalue weighted by molar-refractivity contribution is -0.141. The van der Waals surface area contributed by atoms with E-state index in [1.165, 1.54) is 23.5 Å². The maximum absolute atomic E-state index is 14.0. The van der Waals surface area contributed by atoms with Crippen molar-refractivity contribution in [1.82, 2.24) is 53.2 Å². The Hall–Kier alpha value is -5.55. The largest absolute Gasteiger partial charge is 0.481 e. The van der Waals surface area contributed by atoms with Gasteiger partial charge in [-0.2, -0.15) is 36.2 Å². The Morgan fingerprint density at radius 3 is 1.66 bits per heavy atom. The van der Waals surface area contributed by atoms with Crippen LogP contribution in [-0.4, -0.2) is 185 Å². The molecule has 79 heavy (non-hydrogen) atoms. The number of hydrogen-bond donors (Lipinski definition) is 15. The number of thiol groups is 1. The van der Waals surface area contributed by atoms with Crippen LogP contribution in [0.2, 0.25) is 0 Å². The van der Waals surface area contributed by atoms with E-state index in [0.29, 0.717) is 31.6 Å². The molecule has 1 aromatic rings. The first-order valence-electron chi connectivity index (χ1n) is 25.9. The van der Waals surface area contributed by atoms with Crippen LogP contribution in [0.25, 0.3) is 0 Å². The zero-order valence-electron chi connectivity index (χ0n) is 46.2. The Morgan fingerprint density at radius 2 is 1.11 bits per heavy atom. The van der Waals surface area contributed by atoms with Gasteiger partial charge in [0.05, 0.1) is 19.6 Å². The molecule has 0 unspecified atom stereocenters. The number of nitrogens with two attached hydrogens (primary N) is 2. The molecule has 446 valence electrons. The lowest BCUT2D eigenvalue weighted by Crippen LogP contribution is -2.60. The number of nitrogens with one attached hydrogen (secondary N) is 11. The quantitative estimate of drug-likeness (QED) is 0.0124. The summed E-state index contributed by atoms with van der Waals surface area (Å²) in [7, 11) is 0. The van der Waals surface area contributed by atoms with Gasteiger partial charge in [0.25, 0.3) is 0 Å². The molecule has 25 nitrogen and oxygen atoms in total. The first-order valence-corrected chi connectivity index (χ1v) is 29.0. The van der Waals surface area contributed by atoms with Crippen LogP contribution in [0.15, 0.2) is 30.3 Å². The van der Waals surface area contributed by atoms with Gasteiger partial charge in [0.1, 0.15) is 48.2 Å². The smallest absolute Gasteiger partial charge is 0.305 e. The van der Waals surface area contributed by atoms with Crippen molar-refractivity contribution in [1.29, 1.82) is 5.41 Å². The summed E-state index contributed by atoms with van der Waals surface area (Å²) in [6, 6.07) is -0.605. The van der Waals surface area contributed by atoms with E-state index in [2.05, 4.69) is 65.8 Å². The third kappa shape index (κ3) is 32.3. The predicted molar refractivity (Wildman–Crippen MR) is 309 cm³/mol. The van der Waals surface area contributed by atoms with Crippen molar-refractivity contribution in [3.8, 4) is 0 Å². The molecular formula is C50H84ClN13O12S3. The molecule has 0 bridgehead atoms. The molecule has 0 aliphatic heterocycles. The molecule has 0 aliphatic carbocycles. The van der Waals surface area contributed by atoms with Crippen LogP contribution in [0.1, 0.15) is 92.6 Å². The van der Waals surface area contributed by atoms with Gasteiger partial charge in [-0.1, -0.05) is 71.9 Å². The van der Waals surface area contributed by atoms with E-state index in [9.17, 15) is 53.1 Å². The number of unbranched alkanes of at least 4 members (excludes halogenated alkanes) is 1. The summed E-state index contributed by atoms with van der Waals surface area (Å²) in [6.07, 6.45) is 0.285. The summed E-state index contributed by atoms with van der Waals surface area (Å²) < 4.78 is 4.66. The van der Waals surface area contributed by atoms with Gasteiger partial charge in [-0.25, -0.2) is 0 Å². The zero-order chi connectivity index (χ0) is 59.7. The number of guanidine groups is 1. The molecule has 1 rings (SSSR count). The molecule has 16 N–H and O–H groups in total. The summed E-state index contributed by atoms with van der Waals surface area (Å²) in [5, 5.41) is 42.9. The molecule has 0 aliphatic rings. The standard InChI is InChI=1S/C50H84ClN13O12S3/c1-8-76-22-21-55-42(70)36(28-78-49(2,3)4)63-44(72)33(23-30-15-10-9-11-16-30)61-46(74)35(27-77)62-45(73)34(24-40(67)68)59-39(66)26-57-41(69)31(18-14-20-56-48(53)54)60-47(75)37(29-79-50(5,6)7)64-43(71)32(17-12-13-19-52)58-38(65)25-51/h9-11,15-16,31-37,77H,8,12-14,17-29,52H2,1-7H3,(H,55,70)(H,57,69)(H,58,65)(H,59,66)(H,60,75)(H,61,74)(H,62,73)(H,63,72)(H,64,71)(H,67,68)(H4,53,54,56)/t31-,32-,33-,34-,35-,36-,37-/m0/s1. The Morgan fingerprint density at radius 1 is 0.633 bits per heavy atom. The second-order valence-corrected chi connectivity index (χ2v) is 24.3. The van der Waals surface area contributed by atoms with Crippen LogP contribution in [0.3, 0.4) is 0 Å². The van der Waals surface area contributed by atoms with E-state index in [1.54, 1.807) is 30.3 Å². The van der Waals surface area contributed by atoms with Gasteiger partial charge in [0, 0.05) is 52.9 Å². The maximum atomic E-state index is 14.0. The van der Waals surface area contributed by atoms with E-state index in [0.717, 1.165) is 0 Å². The topological polar surface area (TPSA) is 396 Å². The number of amides is 9. The summed E-state index contributed by atoms with van der Waals surface area (Å²) >= 11 is 12.7. The maximum Gasteiger partial charge on any atom is 0.305 e. The summed E-state index contributed by atoms with van der Waals surface area (Å²) in [5.41, 5.74) is 11.7. The molecule has 0 aromatic heterocycles. The highest BCUT2D eigenvalue weighted by atomic mass is 35.5. The highest BCUT2D eigenvalue weighted by Gasteiger charge is 2.34. The summed E-state index contributed by atoms with van der Waals surface area (Å²) in [4.78, 5) is 134. The predicted octanol–water partition coefficient (Wildman–Crippen LogP) is -1.01. The number of carbonyl (C=O) groups excluding carboxylic acids is 9. The van der Waals surface area contributed by atoms with Crippen LogP contribution in [0, 0.1) is 5.41 Å². The molecule has 9 amide bonds. The van der Waals surface area contributed by atoms with Crippen molar-refractivity contribution < 1.29 is 57.8 Å². The number of rotatable bonds is 38. The number of thioether (sulfide) groups is 2. The van der Waals surface area contributed by atoms with E-state index in [1.807, 2.05) is 48.5 Å². The van der Waals surface area contributed by atoms with Gasteiger partial charge in [-0.05, 0) is 51.1 Å². The van der Waals surface area contributed by atoms with E-state index >= 15 is 0 Å². The van der Waals surface area contributed by atoms with Crippen molar-refractivity contribution in [2.75, 3.05) is 62.5 Å². The van der Waals surface area contributed by atoms with Crippen molar-refractivity contribution in [2.45, 2.75) is 145 Å². The molecule has 0 saturated carbocycles. The SMILES string of the molecule is CCOCCNC(=O)[C@H](CSC(C)(C)C)NC(=O)[C@H](Cc1ccccc1)NC(=O)[C@H](CS)NC(=O)[C@H](CC(=O)O)NC(=O)CNC(=O)[C@H](CCCNC(=N)N)NC(=O)[C@H](CSC(C)(C)C)NC(=O)[C@H](CCCCN)NC(=O)CCl. The Labute approximate surface area is 482 Å². The number of carboxylic acids is 1. The fourth-order valence-electron chi connectivity index (χ4n) is 6.87. The number of carbonyl (C=O) groups is 10. The number of hydrogen-bond acceptors (Lipinski definition) is 16. The highest BCUT2D eigenvalue weighted by Crippen LogP contribution is 2.25. The average molecular weight is 1190 g/mol. The molecule has 29 heteroatoms. The minimum Gasteiger partial charge on any atom is -0.481 e. The second kappa shape index (κ2) is 38.2. The fraction of sp³-hybridized carbons (Fsp3) is 0.660. The van der Waals surface area contributed by atoms with Crippen LogP contribution < -0.4 is 64.6 Å². The lowest BCUT2D eigenvalue weighted by atomic mass is 10.0. The van der Waals surface area contributed by atoms with Crippen molar-refractivity contribution >= 4 is 113 Å². The lowest BCUT2D eigenvalue weighted by Gasteiger charge is -2.27. The number of alkyl halides is 1. The third-order valence-corrected chi connectivity index (χ3v) is 14.2. The summed E-state index contributed by atoms with van der Waals surface area (Å²) in [6.45, 7) is 13.8.